The summed E-state index contributed by atoms with van der Waals surface area (Å²) in [6.07, 6.45) is -7.38. The van der Waals surface area contributed by atoms with Crippen LogP contribution in [-0.2, 0) is 0 Å². The van der Waals surface area contributed by atoms with Crippen LogP contribution in [0.15, 0.2) is 18.2 Å². The second-order valence-electron chi connectivity index (χ2n) is 4.90. The summed E-state index contributed by atoms with van der Waals surface area (Å²) in [7, 11) is 4.59. The first-order chi connectivity index (χ1) is 10.0. The second kappa shape index (κ2) is 7.06. The Labute approximate surface area is 131 Å². The van der Waals surface area contributed by atoms with E-state index >= 15 is 0 Å². The number of benzene rings is 1. The Morgan fingerprint density at radius 2 is 1.95 bits per heavy atom. The standard InChI is InChI=1S/C13H17ClF3N3O2/c1-19(2)11-8(14)5-4-6-9(11)18-12(22)20(3)7-10(21)13(15,16)17/h4-6,10,21H,7H2,1-3H3,(H,18,22). The lowest BCUT2D eigenvalue weighted by Gasteiger charge is -2.24. The quantitative estimate of drug-likeness (QED) is 0.887. The molecule has 1 aromatic rings. The first kappa shape index (κ1) is 18.4. The van der Waals surface area contributed by atoms with Gasteiger partial charge in [0.05, 0.1) is 22.9 Å². The van der Waals surface area contributed by atoms with Crippen molar-refractivity contribution >= 4 is 29.0 Å². The van der Waals surface area contributed by atoms with Crippen LogP contribution in [0.3, 0.4) is 0 Å². The van der Waals surface area contributed by atoms with Crippen molar-refractivity contribution in [2.45, 2.75) is 12.3 Å². The third kappa shape index (κ3) is 4.67. The molecule has 2 N–H and O–H groups in total. The van der Waals surface area contributed by atoms with Gasteiger partial charge in [0.15, 0.2) is 6.10 Å². The molecule has 2 amide bonds. The zero-order valence-corrected chi connectivity index (χ0v) is 13.0. The number of alkyl halides is 3. The minimum atomic E-state index is -4.78. The Morgan fingerprint density at radius 3 is 2.45 bits per heavy atom. The van der Waals surface area contributed by atoms with Crippen molar-refractivity contribution in [3.8, 4) is 0 Å². The molecule has 0 aliphatic rings. The van der Waals surface area contributed by atoms with Crippen molar-refractivity contribution in [2.24, 2.45) is 0 Å². The fourth-order valence-corrected chi connectivity index (χ4v) is 2.07. The molecule has 0 spiro atoms. The van der Waals surface area contributed by atoms with E-state index in [0.29, 0.717) is 16.4 Å². The van der Waals surface area contributed by atoms with E-state index < -0.39 is 24.9 Å². The molecule has 0 saturated heterocycles. The third-order valence-electron chi connectivity index (χ3n) is 2.85. The molecule has 5 nitrogen and oxygen atoms in total. The Kier molecular flexibility index (Phi) is 5.90. The number of nitrogens with one attached hydrogen (secondary N) is 1. The predicted octanol–water partition coefficient (Wildman–Crippen LogP) is 2.79. The van der Waals surface area contributed by atoms with Crippen molar-refractivity contribution in [2.75, 3.05) is 37.9 Å². The molecule has 0 fully saturated rings. The van der Waals surface area contributed by atoms with E-state index in [-0.39, 0.29) is 0 Å². The van der Waals surface area contributed by atoms with Crippen LogP contribution < -0.4 is 10.2 Å². The van der Waals surface area contributed by atoms with Gasteiger partial charge >= 0.3 is 12.2 Å². The average Bonchev–Trinajstić information content (AvgIpc) is 2.36. The summed E-state index contributed by atoms with van der Waals surface area (Å²) in [4.78, 5) is 14.4. The number of hydrogen-bond acceptors (Lipinski definition) is 3. The Hall–Kier alpha value is -1.67. The zero-order chi connectivity index (χ0) is 17.1. The number of nitrogens with zero attached hydrogens (tertiary/aromatic N) is 2. The lowest BCUT2D eigenvalue weighted by molar-refractivity contribution is -0.205. The van der Waals surface area contributed by atoms with Crippen LogP contribution in [-0.4, -0.2) is 56.0 Å². The number of anilines is 2. The van der Waals surface area contributed by atoms with Crippen LogP contribution in [0.4, 0.5) is 29.3 Å². The van der Waals surface area contributed by atoms with Gasteiger partial charge in [-0.3, -0.25) is 0 Å². The predicted molar refractivity (Wildman–Crippen MR) is 79.5 cm³/mol. The fourth-order valence-electron chi connectivity index (χ4n) is 1.73. The van der Waals surface area contributed by atoms with Crippen LogP contribution >= 0.6 is 11.6 Å². The number of amides is 2. The molecule has 0 aromatic heterocycles. The highest BCUT2D eigenvalue weighted by atomic mass is 35.5. The van der Waals surface area contributed by atoms with Crippen LogP contribution in [0.2, 0.25) is 5.02 Å². The first-order valence-electron chi connectivity index (χ1n) is 6.26. The number of rotatable bonds is 4. The molecule has 1 rings (SSSR count). The SMILES string of the molecule is CN(CC(O)C(F)(F)F)C(=O)Nc1cccc(Cl)c1N(C)C. The maximum Gasteiger partial charge on any atom is 0.416 e. The van der Waals surface area contributed by atoms with Crippen LogP contribution in [0.1, 0.15) is 0 Å². The third-order valence-corrected chi connectivity index (χ3v) is 3.15. The number of halogens is 4. The van der Waals surface area contributed by atoms with E-state index in [1.54, 1.807) is 37.2 Å². The summed E-state index contributed by atoms with van der Waals surface area (Å²) in [5, 5.41) is 11.8. The molecule has 0 saturated carbocycles. The Bertz CT molecular complexity index is 538. The Balaban J connectivity index is 2.83. The Morgan fingerprint density at radius 1 is 1.36 bits per heavy atom. The highest BCUT2D eigenvalue weighted by Gasteiger charge is 2.39. The molecule has 9 heteroatoms. The number of para-hydroxylation sites is 1. The minimum Gasteiger partial charge on any atom is -0.382 e. The van der Waals surface area contributed by atoms with Crippen molar-refractivity contribution in [3.05, 3.63) is 23.2 Å². The van der Waals surface area contributed by atoms with Gasteiger partial charge in [-0.1, -0.05) is 17.7 Å². The number of carbonyl (C=O) groups excluding carboxylic acids is 1. The summed E-state index contributed by atoms with van der Waals surface area (Å²) < 4.78 is 36.9. The van der Waals surface area contributed by atoms with Gasteiger partial charge in [0.25, 0.3) is 0 Å². The van der Waals surface area contributed by atoms with Crippen LogP contribution in [0, 0.1) is 0 Å². The second-order valence-corrected chi connectivity index (χ2v) is 5.31. The molecule has 0 radical (unpaired) electrons. The molecule has 0 aliphatic heterocycles. The van der Waals surface area contributed by atoms with Crippen molar-refractivity contribution in [3.63, 3.8) is 0 Å². The van der Waals surface area contributed by atoms with Gasteiger partial charge in [0, 0.05) is 21.1 Å². The van der Waals surface area contributed by atoms with E-state index in [0.717, 1.165) is 11.9 Å². The maximum atomic E-state index is 12.3. The summed E-state index contributed by atoms with van der Waals surface area (Å²) in [5.74, 6) is 0. The number of likely N-dealkylation sites (N-methyl/N-ethyl adjacent to an activating group) is 1. The van der Waals surface area contributed by atoms with E-state index in [1.165, 1.54) is 0 Å². The number of aliphatic hydroxyl groups is 1. The van der Waals surface area contributed by atoms with Crippen LogP contribution in [0.5, 0.6) is 0 Å². The minimum absolute atomic E-state index is 0.357. The maximum absolute atomic E-state index is 12.3. The molecule has 0 aliphatic carbocycles. The van der Waals surface area contributed by atoms with Crippen molar-refractivity contribution < 1.29 is 23.1 Å². The van der Waals surface area contributed by atoms with Gasteiger partial charge in [-0.2, -0.15) is 13.2 Å². The number of aliphatic hydroxyl groups excluding tert-OH is 1. The molecule has 0 heterocycles. The topological polar surface area (TPSA) is 55.8 Å². The number of hydrogen-bond donors (Lipinski definition) is 2. The zero-order valence-electron chi connectivity index (χ0n) is 12.3. The summed E-state index contributed by atoms with van der Waals surface area (Å²) in [6.45, 7) is -0.868. The first-order valence-corrected chi connectivity index (χ1v) is 6.64. The summed E-state index contributed by atoms with van der Waals surface area (Å²) in [6, 6.07) is 4.03. The van der Waals surface area contributed by atoms with E-state index in [2.05, 4.69) is 5.32 Å². The normalized spacial score (nSPS) is 12.7. The lowest BCUT2D eigenvalue weighted by Crippen LogP contribution is -2.43. The molecular weight excluding hydrogens is 323 g/mol. The van der Waals surface area contributed by atoms with E-state index in [4.69, 9.17) is 16.7 Å². The van der Waals surface area contributed by atoms with Gasteiger partial charge in [-0.05, 0) is 12.1 Å². The molecule has 1 aromatic carbocycles. The molecule has 22 heavy (non-hydrogen) atoms. The summed E-state index contributed by atoms with van der Waals surface area (Å²) >= 11 is 6.04. The van der Waals surface area contributed by atoms with Gasteiger partial charge < -0.3 is 20.2 Å². The van der Waals surface area contributed by atoms with E-state index in [1.807, 2.05) is 0 Å². The van der Waals surface area contributed by atoms with Gasteiger partial charge in [-0.15, -0.1) is 0 Å². The highest BCUT2D eigenvalue weighted by molar-refractivity contribution is 6.34. The lowest BCUT2D eigenvalue weighted by atomic mass is 10.2. The highest BCUT2D eigenvalue weighted by Crippen LogP contribution is 2.32. The fraction of sp³-hybridized carbons (Fsp3) is 0.462. The monoisotopic (exact) mass is 339 g/mol. The average molecular weight is 340 g/mol. The molecule has 1 atom stereocenters. The van der Waals surface area contributed by atoms with Gasteiger partial charge in [-0.25, -0.2) is 4.79 Å². The number of carbonyl (C=O) groups is 1. The smallest absolute Gasteiger partial charge is 0.382 e. The molecule has 1 unspecified atom stereocenters. The largest absolute Gasteiger partial charge is 0.416 e. The van der Waals surface area contributed by atoms with Gasteiger partial charge in [0.2, 0.25) is 0 Å². The molecule has 124 valence electrons. The van der Waals surface area contributed by atoms with Crippen molar-refractivity contribution in [1.82, 2.24) is 4.90 Å². The molecular formula is C13H17ClF3N3O2. The van der Waals surface area contributed by atoms with E-state index in [9.17, 15) is 18.0 Å². The summed E-state index contributed by atoms with van der Waals surface area (Å²) in [5.41, 5.74) is 0.887. The van der Waals surface area contributed by atoms with Crippen molar-refractivity contribution in [1.29, 1.82) is 0 Å². The van der Waals surface area contributed by atoms with Gasteiger partial charge in [0.1, 0.15) is 0 Å². The van der Waals surface area contributed by atoms with Crippen LogP contribution in [0.25, 0.3) is 0 Å². The number of urea groups is 1. The molecule has 0 bridgehead atoms.